The van der Waals surface area contributed by atoms with Gasteiger partial charge in [-0.3, -0.25) is 0 Å². The van der Waals surface area contributed by atoms with Gasteiger partial charge in [0.1, 0.15) is 5.82 Å². The number of nitrogens with one attached hydrogen (secondary N) is 1. The molecule has 0 spiro atoms. The maximum Gasteiger partial charge on any atom is 0.223 e. The van der Waals surface area contributed by atoms with Crippen LogP contribution in [0.15, 0.2) is 54.7 Å². The van der Waals surface area contributed by atoms with Gasteiger partial charge in [0.2, 0.25) is 5.95 Å². The zero-order chi connectivity index (χ0) is 19.6. The molecule has 0 bridgehead atoms. The van der Waals surface area contributed by atoms with Crippen LogP contribution in [0.25, 0.3) is 11.3 Å². The molecule has 1 saturated carbocycles. The van der Waals surface area contributed by atoms with Crippen molar-refractivity contribution in [3.63, 3.8) is 0 Å². The lowest BCUT2D eigenvalue weighted by Gasteiger charge is -2.28. The number of halogens is 1. The minimum Gasteiger partial charge on any atom is -0.351 e. The molecule has 3 nitrogen and oxygen atoms in total. The second kappa shape index (κ2) is 7.94. The van der Waals surface area contributed by atoms with Crippen LogP contribution in [-0.4, -0.2) is 16.0 Å². The largest absolute Gasteiger partial charge is 0.351 e. The van der Waals surface area contributed by atoms with Crippen LogP contribution in [0.2, 0.25) is 0 Å². The molecule has 1 unspecified atom stereocenters. The van der Waals surface area contributed by atoms with E-state index >= 15 is 0 Å². The summed E-state index contributed by atoms with van der Waals surface area (Å²) in [5.41, 5.74) is 5.74. The van der Waals surface area contributed by atoms with E-state index < -0.39 is 0 Å². The third-order valence-corrected chi connectivity index (χ3v) is 6.34. The fraction of sp³-hybridized carbons (Fsp3) is 0.360. The van der Waals surface area contributed by atoms with E-state index in [1.165, 1.54) is 44.1 Å². The minimum absolute atomic E-state index is 0.198. The van der Waals surface area contributed by atoms with Crippen molar-refractivity contribution in [3.05, 3.63) is 77.2 Å². The molecule has 0 aliphatic heterocycles. The van der Waals surface area contributed by atoms with Crippen molar-refractivity contribution in [2.24, 2.45) is 0 Å². The van der Waals surface area contributed by atoms with Gasteiger partial charge >= 0.3 is 0 Å². The summed E-state index contributed by atoms with van der Waals surface area (Å²) in [4.78, 5) is 9.59. The van der Waals surface area contributed by atoms with E-state index in [1.54, 1.807) is 12.1 Å². The van der Waals surface area contributed by atoms with Crippen molar-refractivity contribution in [3.8, 4) is 11.3 Å². The average molecular weight is 388 g/mol. The number of hydrogen-bond acceptors (Lipinski definition) is 3. The van der Waals surface area contributed by atoms with Crippen LogP contribution in [0.4, 0.5) is 10.3 Å². The van der Waals surface area contributed by atoms with Crippen LogP contribution in [0.5, 0.6) is 0 Å². The molecule has 4 heteroatoms. The first-order valence-corrected chi connectivity index (χ1v) is 10.7. The second-order valence-corrected chi connectivity index (χ2v) is 8.30. The Morgan fingerprint density at radius 1 is 0.897 bits per heavy atom. The van der Waals surface area contributed by atoms with Gasteiger partial charge in [0, 0.05) is 23.7 Å². The molecule has 1 N–H and O–H groups in total. The molecule has 148 valence electrons. The number of aromatic nitrogens is 2. The normalized spacial score (nSPS) is 19.1. The van der Waals surface area contributed by atoms with E-state index in [1.807, 2.05) is 18.3 Å². The Hall–Kier alpha value is -2.75. The van der Waals surface area contributed by atoms with E-state index in [9.17, 15) is 4.39 Å². The molecule has 5 rings (SSSR count). The molecule has 2 aliphatic carbocycles. The average Bonchev–Trinajstić information content (AvgIpc) is 3.03. The summed E-state index contributed by atoms with van der Waals surface area (Å²) < 4.78 is 13.4. The standard InChI is InChI=1S/C25H26FN3/c26-19-13-11-17(12-14-19)23-15-18-16-27-25(28-20-7-3-1-2-4-8-20)29-24(18)22-10-6-5-9-21(22)23/h5-6,9-14,16,20,23H,1-4,7-8,15H2,(H,27,28,29). The lowest BCUT2D eigenvalue weighted by atomic mass is 9.78. The maximum atomic E-state index is 13.4. The number of nitrogens with zero attached hydrogens (tertiary/aromatic N) is 2. The Balaban J connectivity index is 1.48. The molecule has 0 radical (unpaired) electrons. The summed E-state index contributed by atoms with van der Waals surface area (Å²) in [5, 5.41) is 3.59. The number of rotatable bonds is 3. The third kappa shape index (κ3) is 3.76. The fourth-order valence-corrected chi connectivity index (χ4v) is 4.80. The highest BCUT2D eigenvalue weighted by Gasteiger charge is 2.27. The van der Waals surface area contributed by atoms with Gasteiger partial charge in [-0.25, -0.2) is 14.4 Å². The topological polar surface area (TPSA) is 37.8 Å². The quantitative estimate of drug-likeness (QED) is 0.551. The van der Waals surface area contributed by atoms with Crippen LogP contribution in [-0.2, 0) is 6.42 Å². The Morgan fingerprint density at radius 3 is 2.45 bits per heavy atom. The van der Waals surface area contributed by atoms with Gasteiger partial charge in [-0.15, -0.1) is 0 Å². The van der Waals surface area contributed by atoms with E-state index in [-0.39, 0.29) is 11.7 Å². The third-order valence-electron chi connectivity index (χ3n) is 6.34. The molecule has 1 aromatic heterocycles. The van der Waals surface area contributed by atoms with Crippen LogP contribution in [0, 0.1) is 5.82 Å². The van der Waals surface area contributed by atoms with Crippen molar-refractivity contribution in [2.45, 2.75) is 56.9 Å². The molecule has 1 fully saturated rings. The molecule has 0 saturated heterocycles. The molecular weight excluding hydrogens is 361 g/mol. The summed E-state index contributed by atoms with van der Waals surface area (Å²) in [7, 11) is 0. The van der Waals surface area contributed by atoms with E-state index in [2.05, 4.69) is 34.6 Å². The molecule has 3 aromatic rings. The van der Waals surface area contributed by atoms with Gasteiger partial charge in [-0.1, -0.05) is 62.1 Å². The lowest BCUT2D eigenvalue weighted by molar-refractivity contribution is 0.614. The first-order valence-electron chi connectivity index (χ1n) is 10.7. The van der Waals surface area contributed by atoms with Crippen LogP contribution in [0.3, 0.4) is 0 Å². The molecule has 0 amide bonds. The number of fused-ring (bicyclic) bond motifs is 3. The molecule has 2 aromatic carbocycles. The second-order valence-electron chi connectivity index (χ2n) is 8.30. The number of anilines is 1. The number of benzene rings is 2. The summed E-state index contributed by atoms with van der Waals surface area (Å²) in [5.74, 6) is 0.741. The predicted octanol–water partition coefficient (Wildman–Crippen LogP) is 6.11. The van der Waals surface area contributed by atoms with Gasteiger partial charge in [-0.05, 0) is 48.1 Å². The van der Waals surface area contributed by atoms with Gasteiger partial charge < -0.3 is 5.32 Å². The molecular formula is C25H26FN3. The van der Waals surface area contributed by atoms with Gasteiger partial charge in [0.15, 0.2) is 0 Å². The predicted molar refractivity (Wildman–Crippen MR) is 115 cm³/mol. The lowest BCUT2D eigenvalue weighted by Crippen LogP contribution is -2.21. The zero-order valence-electron chi connectivity index (χ0n) is 16.6. The Bertz CT molecular complexity index is 991. The van der Waals surface area contributed by atoms with Crippen molar-refractivity contribution in [1.82, 2.24) is 9.97 Å². The molecule has 1 atom stereocenters. The summed E-state index contributed by atoms with van der Waals surface area (Å²) >= 11 is 0. The van der Waals surface area contributed by atoms with Gasteiger partial charge in [-0.2, -0.15) is 0 Å². The highest BCUT2D eigenvalue weighted by atomic mass is 19.1. The highest BCUT2D eigenvalue weighted by molar-refractivity contribution is 5.72. The van der Waals surface area contributed by atoms with Crippen molar-refractivity contribution >= 4 is 5.95 Å². The number of hydrogen-bond donors (Lipinski definition) is 1. The monoisotopic (exact) mass is 387 g/mol. The van der Waals surface area contributed by atoms with Crippen LogP contribution < -0.4 is 5.32 Å². The first-order chi connectivity index (χ1) is 14.3. The Labute approximate surface area is 171 Å². The van der Waals surface area contributed by atoms with Crippen molar-refractivity contribution in [2.75, 3.05) is 5.32 Å². The van der Waals surface area contributed by atoms with Crippen molar-refractivity contribution < 1.29 is 4.39 Å². The van der Waals surface area contributed by atoms with E-state index in [0.717, 1.165) is 34.8 Å². The fourth-order valence-electron chi connectivity index (χ4n) is 4.80. The molecule has 1 heterocycles. The van der Waals surface area contributed by atoms with Crippen LogP contribution in [0.1, 0.15) is 61.1 Å². The van der Waals surface area contributed by atoms with Gasteiger partial charge in [0.05, 0.1) is 5.69 Å². The maximum absolute atomic E-state index is 13.4. The zero-order valence-corrected chi connectivity index (χ0v) is 16.6. The Morgan fingerprint density at radius 2 is 1.66 bits per heavy atom. The van der Waals surface area contributed by atoms with Crippen molar-refractivity contribution in [1.29, 1.82) is 0 Å². The van der Waals surface area contributed by atoms with E-state index in [0.29, 0.717) is 6.04 Å². The Kier molecular flexibility index (Phi) is 5.01. The smallest absolute Gasteiger partial charge is 0.223 e. The first kappa shape index (κ1) is 18.3. The van der Waals surface area contributed by atoms with Crippen LogP contribution >= 0.6 is 0 Å². The highest BCUT2D eigenvalue weighted by Crippen LogP contribution is 2.41. The van der Waals surface area contributed by atoms with E-state index in [4.69, 9.17) is 4.98 Å². The molecule has 2 aliphatic rings. The summed E-state index contributed by atoms with van der Waals surface area (Å²) in [6.07, 6.45) is 10.4. The molecule has 29 heavy (non-hydrogen) atoms. The summed E-state index contributed by atoms with van der Waals surface area (Å²) in [6.45, 7) is 0. The minimum atomic E-state index is -0.198. The SMILES string of the molecule is Fc1ccc(C2Cc3cnc(NC4CCCCCC4)nc3-c3ccccc32)cc1. The summed E-state index contributed by atoms with van der Waals surface area (Å²) in [6, 6.07) is 15.8. The van der Waals surface area contributed by atoms with Gasteiger partial charge in [0.25, 0.3) is 0 Å².